The minimum Gasteiger partial charge on any atom is -0.401 e. The highest BCUT2D eigenvalue weighted by atomic mass is 15.3. The Morgan fingerprint density at radius 3 is 2.18 bits per heavy atom. The molecule has 0 aromatic heterocycles. The van der Waals surface area contributed by atoms with Crippen LogP contribution in [0.1, 0.15) is 20.8 Å². The second-order valence-corrected chi connectivity index (χ2v) is 4.99. The fraction of sp³-hybridized carbons (Fsp3) is 0.769. The largest absolute Gasteiger partial charge is 0.401 e. The van der Waals surface area contributed by atoms with Crippen molar-refractivity contribution in [3.63, 3.8) is 0 Å². The molecule has 0 amide bonds. The minimum atomic E-state index is 0.337. The summed E-state index contributed by atoms with van der Waals surface area (Å²) in [5.74, 6) is 0.337. The summed E-state index contributed by atoms with van der Waals surface area (Å²) in [5, 5.41) is 7.41. The molecule has 1 aliphatic heterocycles. The Morgan fingerprint density at radius 1 is 1.24 bits per heavy atom. The number of hydrogen-bond acceptors (Lipinski definition) is 4. The molecular weight excluding hydrogens is 212 g/mol. The van der Waals surface area contributed by atoms with Gasteiger partial charge in [-0.3, -0.25) is 4.90 Å². The van der Waals surface area contributed by atoms with E-state index in [1.807, 2.05) is 0 Å². The SMILES string of the molecule is CCN1CCN(CC(N)=C(C=N)C(C)C)CC1. The molecule has 0 saturated carbocycles. The molecule has 17 heavy (non-hydrogen) atoms. The first-order valence-electron chi connectivity index (χ1n) is 6.52. The Bertz CT molecular complexity index is 275. The van der Waals surface area contributed by atoms with E-state index >= 15 is 0 Å². The van der Waals surface area contributed by atoms with Crippen molar-refractivity contribution < 1.29 is 0 Å². The highest BCUT2D eigenvalue weighted by Crippen LogP contribution is 2.11. The van der Waals surface area contributed by atoms with Gasteiger partial charge in [0.1, 0.15) is 0 Å². The highest BCUT2D eigenvalue weighted by Gasteiger charge is 2.17. The van der Waals surface area contributed by atoms with Gasteiger partial charge in [0.15, 0.2) is 0 Å². The first kappa shape index (κ1) is 14.2. The molecule has 98 valence electrons. The lowest BCUT2D eigenvalue weighted by Crippen LogP contribution is -2.47. The Kier molecular flexibility index (Phi) is 5.65. The first-order valence-corrected chi connectivity index (χ1v) is 6.52. The zero-order chi connectivity index (χ0) is 12.8. The van der Waals surface area contributed by atoms with Gasteiger partial charge in [0.25, 0.3) is 0 Å². The Morgan fingerprint density at radius 2 is 1.76 bits per heavy atom. The van der Waals surface area contributed by atoms with Crippen LogP contribution in [0.5, 0.6) is 0 Å². The molecule has 0 aromatic rings. The van der Waals surface area contributed by atoms with Gasteiger partial charge in [-0.25, -0.2) is 0 Å². The van der Waals surface area contributed by atoms with Gasteiger partial charge in [-0.15, -0.1) is 0 Å². The first-order chi connectivity index (χ1) is 8.08. The summed E-state index contributed by atoms with van der Waals surface area (Å²) in [6.07, 6.45) is 1.41. The number of likely N-dealkylation sites (N-methyl/N-ethyl adjacent to an activating group) is 1. The second kappa shape index (κ2) is 6.77. The van der Waals surface area contributed by atoms with Crippen LogP contribution in [0.2, 0.25) is 0 Å². The van der Waals surface area contributed by atoms with Crippen molar-refractivity contribution >= 4 is 6.21 Å². The standard InChI is InChI=1S/C13H26N4/c1-4-16-5-7-17(8-6-16)10-13(15)12(9-14)11(2)3/h9,11,14H,4-8,10,15H2,1-3H3. The number of nitrogens with zero attached hydrogens (tertiary/aromatic N) is 2. The van der Waals surface area contributed by atoms with E-state index in [4.69, 9.17) is 11.1 Å². The molecule has 1 fully saturated rings. The summed E-state index contributed by atoms with van der Waals surface area (Å²) in [5.41, 5.74) is 7.94. The molecule has 0 radical (unpaired) electrons. The van der Waals surface area contributed by atoms with E-state index in [1.165, 1.54) is 6.21 Å². The van der Waals surface area contributed by atoms with Gasteiger partial charge in [0.05, 0.1) is 0 Å². The van der Waals surface area contributed by atoms with Crippen molar-refractivity contribution in [1.29, 1.82) is 5.41 Å². The molecule has 1 heterocycles. The average Bonchev–Trinajstić information content (AvgIpc) is 2.30. The van der Waals surface area contributed by atoms with Crippen LogP contribution in [0.3, 0.4) is 0 Å². The van der Waals surface area contributed by atoms with Gasteiger partial charge >= 0.3 is 0 Å². The van der Waals surface area contributed by atoms with Crippen LogP contribution < -0.4 is 5.73 Å². The summed E-state index contributed by atoms with van der Waals surface area (Å²) in [6, 6.07) is 0. The number of piperazine rings is 1. The van der Waals surface area contributed by atoms with Crippen molar-refractivity contribution in [2.45, 2.75) is 20.8 Å². The highest BCUT2D eigenvalue weighted by molar-refractivity contribution is 5.77. The van der Waals surface area contributed by atoms with Crippen LogP contribution >= 0.6 is 0 Å². The van der Waals surface area contributed by atoms with E-state index in [0.717, 1.165) is 50.5 Å². The van der Waals surface area contributed by atoms with Crippen LogP contribution in [0.15, 0.2) is 11.3 Å². The predicted octanol–water partition coefficient (Wildman–Crippen LogP) is 1.14. The van der Waals surface area contributed by atoms with Gasteiger partial charge in [-0.2, -0.15) is 0 Å². The molecule has 4 heteroatoms. The van der Waals surface area contributed by atoms with Crippen molar-refractivity contribution in [3.05, 3.63) is 11.3 Å². The molecule has 1 rings (SSSR count). The van der Waals surface area contributed by atoms with Crippen LogP contribution in [0.25, 0.3) is 0 Å². The number of hydrogen-bond donors (Lipinski definition) is 2. The van der Waals surface area contributed by atoms with E-state index in [-0.39, 0.29) is 0 Å². The van der Waals surface area contributed by atoms with Crippen LogP contribution in [-0.4, -0.2) is 55.3 Å². The third-order valence-corrected chi connectivity index (χ3v) is 3.45. The molecular formula is C13H26N4. The molecule has 1 aliphatic rings. The fourth-order valence-corrected chi connectivity index (χ4v) is 2.23. The van der Waals surface area contributed by atoms with Crippen molar-refractivity contribution in [3.8, 4) is 0 Å². The normalized spacial score (nSPS) is 20.5. The third-order valence-electron chi connectivity index (χ3n) is 3.45. The summed E-state index contributed by atoms with van der Waals surface area (Å²) in [6.45, 7) is 12.7. The quantitative estimate of drug-likeness (QED) is 0.706. The molecule has 3 N–H and O–H groups in total. The number of nitrogens with two attached hydrogens (primary N) is 1. The molecule has 0 aliphatic carbocycles. The van der Waals surface area contributed by atoms with Gasteiger partial charge in [0, 0.05) is 44.6 Å². The fourth-order valence-electron chi connectivity index (χ4n) is 2.23. The topological polar surface area (TPSA) is 56.4 Å². The van der Waals surface area contributed by atoms with E-state index in [2.05, 4.69) is 30.6 Å². The van der Waals surface area contributed by atoms with E-state index in [0.29, 0.717) is 5.92 Å². The molecule has 0 bridgehead atoms. The van der Waals surface area contributed by atoms with E-state index in [1.54, 1.807) is 0 Å². The maximum atomic E-state index is 7.41. The van der Waals surface area contributed by atoms with Gasteiger partial charge < -0.3 is 16.0 Å². The molecule has 1 saturated heterocycles. The number of rotatable bonds is 5. The minimum absolute atomic E-state index is 0.337. The van der Waals surface area contributed by atoms with Crippen LogP contribution in [0.4, 0.5) is 0 Å². The van der Waals surface area contributed by atoms with E-state index in [9.17, 15) is 0 Å². The molecule has 0 aromatic carbocycles. The molecule has 0 spiro atoms. The van der Waals surface area contributed by atoms with Crippen molar-refractivity contribution in [1.82, 2.24) is 9.80 Å². The van der Waals surface area contributed by atoms with Crippen molar-refractivity contribution in [2.24, 2.45) is 11.7 Å². The molecule has 0 atom stereocenters. The second-order valence-electron chi connectivity index (χ2n) is 4.99. The van der Waals surface area contributed by atoms with Crippen LogP contribution in [-0.2, 0) is 0 Å². The van der Waals surface area contributed by atoms with Crippen LogP contribution in [0, 0.1) is 11.3 Å². The molecule has 4 nitrogen and oxygen atoms in total. The lowest BCUT2D eigenvalue weighted by Gasteiger charge is -2.34. The monoisotopic (exact) mass is 238 g/mol. The summed E-state index contributed by atoms with van der Waals surface area (Å²) < 4.78 is 0. The van der Waals surface area contributed by atoms with Crippen molar-refractivity contribution in [2.75, 3.05) is 39.3 Å². The Labute approximate surface area is 105 Å². The molecule has 0 unspecified atom stereocenters. The Hall–Kier alpha value is -0.870. The number of allylic oxidation sites excluding steroid dienone is 1. The summed E-state index contributed by atoms with van der Waals surface area (Å²) >= 11 is 0. The summed E-state index contributed by atoms with van der Waals surface area (Å²) in [7, 11) is 0. The average molecular weight is 238 g/mol. The maximum absolute atomic E-state index is 7.41. The maximum Gasteiger partial charge on any atom is 0.0384 e. The zero-order valence-electron chi connectivity index (χ0n) is 11.4. The predicted molar refractivity (Wildman–Crippen MR) is 73.4 cm³/mol. The zero-order valence-corrected chi connectivity index (χ0v) is 11.4. The lowest BCUT2D eigenvalue weighted by atomic mass is 10.0. The smallest absolute Gasteiger partial charge is 0.0384 e. The Balaban J connectivity index is 2.52. The van der Waals surface area contributed by atoms with Gasteiger partial charge in [-0.1, -0.05) is 20.8 Å². The van der Waals surface area contributed by atoms with Gasteiger partial charge in [-0.05, 0) is 18.0 Å². The lowest BCUT2D eigenvalue weighted by molar-refractivity contribution is 0.145. The summed E-state index contributed by atoms with van der Waals surface area (Å²) in [4.78, 5) is 4.84. The number of nitrogens with one attached hydrogen (secondary N) is 1. The van der Waals surface area contributed by atoms with Gasteiger partial charge in [0.2, 0.25) is 0 Å². The third kappa shape index (κ3) is 4.13. The van der Waals surface area contributed by atoms with E-state index < -0.39 is 0 Å².